The Balaban J connectivity index is 1.88. The standard InChI is InChI=1S/C17H13F3O/c18-17(19,20)14-7-5-11(6-8-14)13-9-12-3-1-2-4-15(12)16(21)10-13/h1-8,13H,9-10H2. The molecule has 0 aromatic heterocycles. The molecule has 1 aliphatic rings. The monoisotopic (exact) mass is 290 g/mol. The summed E-state index contributed by atoms with van der Waals surface area (Å²) in [6, 6.07) is 12.5. The molecule has 21 heavy (non-hydrogen) atoms. The summed E-state index contributed by atoms with van der Waals surface area (Å²) in [6.07, 6.45) is -3.29. The van der Waals surface area contributed by atoms with Gasteiger partial charge in [0.15, 0.2) is 5.78 Å². The number of carbonyl (C=O) groups is 1. The number of ketones is 1. The third-order valence-corrected chi connectivity index (χ3v) is 3.93. The van der Waals surface area contributed by atoms with Gasteiger partial charge in [-0.3, -0.25) is 4.79 Å². The molecule has 0 saturated heterocycles. The number of benzene rings is 2. The van der Waals surface area contributed by atoms with Gasteiger partial charge in [-0.2, -0.15) is 13.2 Å². The fraction of sp³-hybridized carbons (Fsp3) is 0.235. The summed E-state index contributed by atoms with van der Waals surface area (Å²) >= 11 is 0. The van der Waals surface area contributed by atoms with E-state index in [1.54, 1.807) is 6.07 Å². The highest BCUT2D eigenvalue weighted by atomic mass is 19.4. The van der Waals surface area contributed by atoms with E-state index in [0.29, 0.717) is 12.8 Å². The number of fused-ring (bicyclic) bond motifs is 1. The van der Waals surface area contributed by atoms with Crippen LogP contribution in [0.15, 0.2) is 48.5 Å². The van der Waals surface area contributed by atoms with Crippen molar-refractivity contribution in [1.82, 2.24) is 0 Å². The summed E-state index contributed by atoms with van der Waals surface area (Å²) in [4.78, 5) is 12.1. The maximum atomic E-state index is 12.6. The van der Waals surface area contributed by atoms with Crippen LogP contribution in [0.3, 0.4) is 0 Å². The molecule has 0 spiro atoms. The van der Waals surface area contributed by atoms with E-state index in [0.717, 1.165) is 28.8 Å². The molecule has 1 unspecified atom stereocenters. The quantitative estimate of drug-likeness (QED) is 0.749. The van der Waals surface area contributed by atoms with Crippen molar-refractivity contribution in [2.45, 2.75) is 24.9 Å². The second kappa shape index (κ2) is 5.02. The number of carbonyl (C=O) groups excluding carboxylic acids is 1. The van der Waals surface area contributed by atoms with E-state index in [1.165, 1.54) is 12.1 Å². The SMILES string of the molecule is O=C1CC(c2ccc(C(F)(F)F)cc2)Cc2ccccc21. The molecular weight excluding hydrogens is 277 g/mol. The lowest BCUT2D eigenvalue weighted by Gasteiger charge is -2.24. The second-order valence-electron chi connectivity index (χ2n) is 5.31. The number of rotatable bonds is 1. The molecular formula is C17H13F3O. The Kier molecular flexibility index (Phi) is 3.32. The zero-order valence-electron chi connectivity index (χ0n) is 11.2. The molecule has 2 aromatic carbocycles. The van der Waals surface area contributed by atoms with Crippen LogP contribution in [0.2, 0.25) is 0 Å². The van der Waals surface area contributed by atoms with Gasteiger partial charge in [0, 0.05) is 12.0 Å². The highest BCUT2D eigenvalue weighted by Gasteiger charge is 2.31. The normalized spacial score (nSPS) is 18.4. The number of Topliss-reactive ketones (excluding diaryl/α,β-unsaturated/α-hetero) is 1. The third kappa shape index (κ3) is 2.71. The summed E-state index contributed by atoms with van der Waals surface area (Å²) in [5.41, 5.74) is 1.83. The Bertz CT molecular complexity index is 671. The van der Waals surface area contributed by atoms with Gasteiger partial charge in [0.2, 0.25) is 0 Å². The summed E-state index contributed by atoms with van der Waals surface area (Å²) in [5, 5.41) is 0. The van der Waals surface area contributed by atoms with Crippen molar-refractivity contribution < 1.29 is 18.0 Å². The van der Waals surface area contributed by atoms with Crippen LogP contribution in [-0.4, -0.2) is 5.78 Å². The van der Waals surface area contributed by atoms with Crippen LogP contribution in [0.4, 0.5) is 13.2 Å². The Morgan fingerprint density at radius 2 is 1.57 bits per heavy atom. The predicted octanol–water partition coefficient (Wildman–Crippen LogP) is 4.62. The zero-order chi connectivity index (χ0) is 15.0. The second-order valence-corrected chi connectivity index (χ2v) is 5.31. The van der Waals surface area contributed by atoms with Crippen LogP contribution < -0.4 is 0 Å². The predicted molar refractivity (Wildman–Crippen MR) is 73.3 cm³/mol. The van der Waals surface area contributed by atoms with Gasteiger partial charge in [0.1, 0.15) is 0 Å². The van der Waals surface area contributed by atoms with E-state index in [9.17, 15) is 18.0 Å². The molecule has 0 bridgehead atoms. The summed E-state index contributed by atoms with van der Waals surface area (Å²) in [5.74, 6) is 0.0106. The van der Waals surface area contributed by atoms with E-state index in [-0.39, 0.29) is 11.7 Å². The highest BCUT2D eigenvalue weighted by Crippen LogP contribution is 2.35. The van der Waals surface area contributed by atoms with Gasteiger partial charge in [-0.25, -0.2) is 0 Å². The molecule has 0 saturated carbocycles. The van der Waals surface area contributed by atoms with Crippen molar-refractivity contribution in [2.24, 2.45) is 0 Å². The molecule has 2 aromatic rings. The van der Waals surface area contributed by atoms with Crippen LogP contribution in [0.1, 0.15) is 39.4 Å². The smallest absolute Gasteiger partial charge is 0.294 e. The number of alkyl halides is 3. The van der Waals surface area contributed by atoms with Gasteiger partial charge < -0.3 is 0 Å². The lowest BCUT2D eigenvalue weighted by molar-refractivity contribution is -0.137. The summed E-state index contributed by atoms with van der Waals surface area (Å²) < 4.78 is 37.7. The minimum absolute atomic E-state index is 0.0466. The zero-order valence-corrected chi connectivity index (χ0v) is 11.2. The van der Waals surface area contributed by atoms with Crippen LogP contribution in [0.5, 0.6) is 0 Å². The van der Waals surface area contributed by atoms with Crippen molar-refractivity contribution in [1.29, 1.82) is 0 Å². The van der Waals surface area contributed by atoms with Gasteiger partial charge in [-0.15, -0.1) is 0 Å². The first-order valence-electron chi connectivity index (χ1n) is 6.73. The Hall–Kier alpha value is -2.10. The molecule has 0 aliphatic heterocycles. The molecule has 3 rings (SSSR count). The fourth-order valence-corrected chi connectivity index (χ4v) is 2.82. The van der Waals surface area contributed by atoms with E-state index in [1.807, 2.05) is 18.2 Å². The number of hydrogen-bond donors (Lipinski definition) is 0. The van der Waals surface area contributed by atoms with Crippen LogP contribution in [0, 0.1) is 0 Å². The molecule has 1 atom stereocenters. The average Bonchev–Trinajstić information content (AvgIpc) is 2.46. The van der Waals surface area contributed by atoms with Gasteiger partial charge >= 0.3 is 6.18 Å². The molecule has 0 amide bonds. The Morgan fingerprint density at radius 1 is 0.905 bits per heavy atom. The van der Waals surface area contributed by atoms with Gasteiger partial charge in [0.05, 0.1) is 5.56 Å². The minimum Gasteiger partial charge on any atom is -0.294 e. The maximum Gasteiger partial charge on any atom is 0.416 e. The van der Waals surface area contributed by atoms with Crippen molar-refractivity contribution in [3.8, 4) is 0 Å². The van der Waals surface area contributed by atoms with Gasteiger partial charge in [-0.05, 0) is 35.6 Å². The molecule has 0 N–H and O–H groups in total. The van der Waals surface area contributed by atoms with E-state index >= 15 is 0 Å². The van der Waals surface area contributed by atoms with Gasteiger partial charge in [-0.1, -0.05) is 36.4 Å². The Labute approximate surface area is 120 Å². The molecule has 1 aliphatic carbocycles. The lowest BCUT2D eigenvalue weighted by Crippen LogP contribution is -2.18. The topological polar surface area (TPSA) is 17.1 Å². The fourth-order valence-electron chi connectivity index (χ4n) is 2.82. The lowest BCUT2D eigenvalue weighted by atomic mass is 9.79. The van der Waals surface area contributed by atoms with E-state index < -0.39 is 11.7 Å². The first-order valence-corrected chi connectivity index (χ1v) is 6.73. The van der Waals surface area contributed by atoms with Crippen molar-refractivity contribution in [3.05, 3.63) is 70.8 Å². The molecule has 0 fully saturated rings. The van der Waals surface area contributed by atoms with Crippen LogP contribution in [-0.2, 0) is 12.6 Å². The largest absolute Gasteiger partial charge is 0.416 e. The van der Waals surface area contributed by atoms with E-state index in [2.05, 4.69) is 0 Å². The summed E-state index contributed by atoms with van der Waals surface area (Å²) in [6.45, 7) is 0. The minimum atomic E-state index is -4.33. The van der Waals surface area contributed by atoms with Crippen molar-refractivity contribution in [2.75, 3.05) is 0 Å². The molecule has 4 heteroatoms. The molecule has 0 heterocycles. The van der Waals surface area contributed by atoms with Gasteiger partial charge in [0.25, 0.3) is 0 Å². The first-order chi connectivity index (χ1) is 9.95. The van der Waals surface area contributed by atoms with Crippen molar-refractivity contribution >= 4 is 5.78 Å². The van der Waals surface area contributed by atoms with Crippen molar-refractivity contribution in [3.63, 3.8) is 0 Å². The number of hydrogen-bond acceptors (Lipinski definition) is 1. The third-order valence-electron chi connectivity index (χ3n) is 3.93. The molecule has 0 radical (unpaired) electrons. The average molecular weight is 290 g/mol. The first kappa shape index (κ1) is 13.9. The molecule has 1 nitrogen and oxygen atoms in total. The number of halogens is 3. The summed E-state index contributed by atoms with van der Waals surface area (Å²) in [7, 11) is 0. The van der Waals surface area contributed by atoms with E-state index in [4.69, 9.17) is 0 Å². The van der Waals surface area contributed by atoms with Crippen LogP contribution in [0.25, 0.3) is 0 Å². The highest BCUT2D eigenvalue weighted by molar-refractivity contribution is 5.99. The Morgan fingerprint density at radius 3 is 2.24 bits per heavy atom. The molecule has 108 valence electrons. The van der Waals surface area contributed by atoms with Crippen LogP contribution >= 0.6 is 0 Å². The maximum absolute atomic E-state index is 12.6.